The van der Waals surface area contributed by atoms with Crippen LogP contribution in [0.2, 0.25) is 0 Å². The Labute approximate surface area is 149 Å². The number of benzene rings is 3. The summed E-state index contributed by atoms with van der Waals surface area (Å²) in [6, 6.07) is 21.9. The maximum atomic E-state index is 6.44. The number of rotatable bonds is 0. The fraction of sp³-hybridized carbons (Fsp3) is 0.250. The Balaban J connectivity index is 1.85. The van der Waals surface area contributed by atoms with E-state index in [4.69, 9.17) is 4.74 Å². The molecule has 3 aromatic rings. The Kier molecular flexibility index (Phi) is 2.94. The molecule has 5 rings (SSSR count). The zero-order valence-electron chi connectivity index (χ0n) is 15.0. The zero-order chi connectivity index (χ0) is 17.2. The van der Waals surface area contributed by atoms with E-state index in [2.05, 4.69) is 81.4 Å². The summed E-state index contributed by atoms with van der Waals surface area (Å²) >= 11 is 0. The summed E-state index contributed by atoms with van der Waals surface area (Å²) in [7, 11) is 0. The first-order valence-electron chi connectivity index (χ1n) is 9.05. The molecule has 3 aromatic carbocycles. The summed E-state index contributed by atoms with van der Waals surface area (Å²) in [4.78, 5) is 0. The van der Waals surface area contributed by atoms with Crippen molar-refractivity contribution in [1.82, 2.24) is 0 Å². The molecule has 2 aliphatic rings. The Morgan fingerprint density at radius 1 is 0.840 bits per heavy atom. The maximum absolute atomic E-state index is 6.44. The van der Waals surface area contributed by atoms with Gasteiger partial charge >= 0.3 is 0 Å². The number of allylic oxidation sites excluding steroid dienone is 1. The standard InChI is InChI=1S/C24H22O/c1-24(2,3)23-18-11-7-6-10-17(18)14-21-22(23)19-12-15-8-4-5-9-16(15)13-20(19)25-21/h4-13,21H,14H2,1-3H3. The zero-order valence-corrected chi connectivity index (χ0v) is 15.0. The second-order valence-electron chi connectivity index (χ2n) is 8.20. The van der Waals surface area contributed by atoms with Crippen LogP contribution in [0, 0.1) is 5.41 Å². The molecule has 0 N–H and O–H groups in total. The normalized spacial score (nSPS) is 18.6. The van der Waals surface area contributed by atoms with Crippen molar-refractivity contribution in [1.29, 1.82) is 0 Å². The van der Waals surface area contributed by atoms with Crippen LogP contribution >= 0.6 is 0 Å². The van der Waals surface area contributed by atoms with Gasteiger partial charge in [0.05, 0.1) is 0 Å². The topological polar surface area (TPSA) is 9.23 Å². The van der Waals surface area contributed by atoms with Crippen molar-refractivity contribution in [3.8, 4) is 5.75 Å². The van der Waals surface area contributed by atoms with Crippen molar-refractivity contribution >= 4 is 21.9 Å². The summed E-state index contributed by atoms with van der Waals surface area (Å²) in [5.41, 5.74) is 6.98. The van der Waals surface area contributed by atoms with Gasteiger partial charge in [0.1, 0.15) is 11.9 Å². The van der Waals surface area contributed by atoms with E-state index >= 15 is 0 Å². The van der Waals surface area contributed by atoms with E-state index in [1.54, 1.807) is 0 Å². The van der Waals surface area contributed by atoms with Gasteiger partial charge in [-0.3, -0.25) is 0 Å². The minimum Gasteiger partial charge on any atom is -0.485 e. The first-order chi connectivity index (χ1) is 12.0. The summed E-state index contributed by atoms with van der Waals surface area (Å²) in [6.07, 6.45) is 1.09. The first kappa shape index (κ1) is 14.8. The lowest BCUT2D eigenvalue weighted by atomic mass is 9.71. The molecule has 1 nitrogen and oxygen atoms in total. The van der Waals surface area contributed by atoms with Crippen LogP contribution < -0.4 is 4.74 Å². The monoisotopic (exact) mass is 326 g/mol. The molecule has 0 amide bonds. The van der Waals surface area contributed by atoms with Gasteiger partial charge in [0, 0.05) is 17.6 Å². The van der Waals surface area contributed by atoms with E-state index in [0.717, 1.165) is 12.2 Å². The minimum atomic E-state index is 0.0702. The smallest absolute Gasteiger partial charge is 0.129 e. The third kappa shape index (κ3) is 2.15. The summed E-state index contributed by atoms with van der Waals surface area (Å²) in [5.74, 6) is 1.04. The summed E-state index contributed by atoms with van der Waals surface area (Å²) in [5, 5.41) is 2.53. The molecule has 0 fully saturated rings. The molecule has 0 spiro atoms. The van der Waals surface area contributed by atoms with E-state index in [1.807, 2.05) is 0 Å². The van der Waals surface area contributed by atoms with Crippen LogP contribution in [0.3, 0.4) is 0 Å². The van der Waals surface area contributed by atoms with Gasteiger partial charge in [-0.2, -0.15) is 0 Å². The molecule has 124 valence electrons. The predicted molar refractivity (Wildman–Crippen MR) is 105 cm³/mol. The lowest BCUT2D eigenvalue weighted by Crippen LogP contribution is -2.25. The Morgan fingerprint density at radius 2 is 1.52 bits per heavy atom. The Hall–Kier alpha value is -2.54. The van der Waals surface area contributed by atoms with Crippen LogP contribution in [0.15, 0.2) is 60.7 Å². The highest BCUT2D eigenvalue weighted by atomic mass is 16.5. The van der Waals surface area contributed by atoms with E-state index < -0.39 is 0 Å². The lowest BCUT2D eigenvalue weighted by molar-refractivity contribution is 0.274. The molecule has 25 heavy (non-hydrogen) atoms. The molecule has 0 radical (unpaired) electrons. The number of hydrogen-bond donors (Lipinski definition) is 0. The molecule has 1 heteroatoms. The van der Waals surface area contributed by atoms with Crippen molar-refractivity contribution in [3.05, 3.63) is 77.4 Å². The molecule has 1 aliphatic heterocycles. The molecule has 1 aliphatic carbocycles. The van der Waals surface area contributed by atoms with Crippen LogP contribution in [0.1, 0.15) is 37.5 Å². The second kappa shape index (κ2) is 4.98. The highest BCUT2D eigenvalue weighted by Gasteiger charge is 2.39. The first-order valence-corrected chi connectivity index (χ1v) is 9.05. The van der Waals surface area contributed by atoms with Gasteiger partial charge in [-0.1, -0.05) is 69.3 Å². The summed E-state index contributed by atoms with van der Waals surface area (Å²) in [6.45, 7) is 6.94. The maximum Gasteiger partial charge on any atom is 0.129 e. The Morgan fingerprint density at radius 3 is 2.28 bits per heavy atom. The van der Waals surface area contributed by atoms with Crippen LogP contribution in [-0.2, 0) is 6.42 Å². The SMILES string of the molecule is CC(C)(C)C1=C2c3cc4ccccc4cc3OC2Cc2ccccc21. The fourth-order valence-electron chi connectivity index (χ4n) is 4.45. The molecular weight excluding hydrogens is 304 g/mol. The largest absolute Gasteiger partial charge is 0.485 e. The van der Waals surface area contributed by atoms with E-state index in [9.17, 15) is 0 Å². The van der Waals surface area contributed by atoms with Crippen LogP contribution in [0.5, 0.6) is 5.75 Å². The van der Waals surface area contributed by atoms with Crippen molar-refractivity contribution in [2.45, 2.75) is 33.3 Å². The minimum absolute atomic E-state index is 0.0702. The van der Waals surface area contributed by atoms with Crippen molar-refractivity contribution in [2.24, 2.45) is 5.41 Å². The highest BCUT2D eigenvalue weighted by Crippen LogP contribution is 2.52. The van der Waals surface area contributed by atoms with Crippen molar-refractivity contribution in [2.75, 3.05) is 0 Å². The molecule has 0 aromatic heterocycles. The van der Waals surface area contributed by atoms with Crippen LogP contribution in [-0.4, -0.2) is 6.10 Å². The van der Waals surface area contributed by atoms with Crippen LogP contribution in [0.4, 0.5) is 0 Å². The summed E-state index contributed by atoms with van der Waals surface area (Å²) < 4.78 is 6.44. The second-order valence-corrected chi connectivity index (χ2v) is 8.20. The van der Waals surface area contributed by atoms with Gasteiger partial charge in [-0.15, -0.1) is 0 Å². The van der Waals surface area contributed by atoms with E-state index in [-0.39, 0.29) is 11.5 Å². The van der Waals surface area contributed by atoms with Gasteiger partial charge in [0.25, 0.3) is 0 Å². The number of fused-ring (bicyclic) bond motifs is 5. The van der Waals surface area contributed by atoms with Crippen molar-refractivity contribution < 1.29 is 4.74 Å². The number of hydrogen-bond acceptors (Lipinski definition) is 1. The average molecular weight is 326 g/mol. The third-order valence-corrected chi connectivity index (χ3v) is 5.44. The van der Waals surface area contributed by atoms with Crippen molar-refractivity contribution in [3.63, 3.8) is 0 Å². The molecule has 1 unspecified atom stereocenters. The van der Waals surface area contributed by atoms with Gasteiger partial charge in [0.2, 0.25) is 0 Å². The Bertz CT molecular complexity index is 1030. The van der Waals surface area contributed by atoms with Gasteiger partial charge < -0.3 is 4.74 Å². The molecule has 0 saturated carbocycles. The van der Waals surface area contributed by atoms with Gasteiger partial charge in [-0.25, -0.2) is 0 Å². The number of ether oxygens (including phenoxy) is 1. The van der Waals surface area contributed by atoms with E-state index in [0.29, 0.717) is 0 Å². The van der Waals surface area contributed by atoms with Gasteiger partial charge in [0.15, 0.2) is 0 Å². The predicted octanol–water partition coefficient (Wildman–Crippen LogP) is 6.11. The lowest BCUT2D eigenvalue weighted by Gasteiger charge is -2.33. The molecule has 1 atom stereocenters. The van der Waals surface area contributed by atoms with Gasteiger partial charge in [-0.05, 0) is 45.0 Å². The van der Waals surface area contributed by atoms with Crippen LogP contribution in [0.25, 0.3) is 21.9 Å². The molecule has 1 heterocycles. The molecule has 0 saturated heterocycles. The molecule has 0 bridgehead atoms. The van der Waals surface area contributed by atoms with E-state index in [1.165, 1.54) is 38.6 Å². The fourth-order valence-corrected chi connectivity index (χ4v) is 4.45. The highest BCUT2D eigenvalue weighted by molar-refractivity contribution is 6.02. The third-order valence-electron chi connectivity index (χ3n) is 5.44. The molecular formula is C24H22O. The quantitative estimate of drug-likeness (QED) is 0.484. The average Bonchev–Trinajstić information content (AvgIpc) is 2.93.